The zero-order valence-corrected chi connectivity index (χ0v) is 50.4. The molecule has 2 rings (SSSR count). The van der Waals surface area contributed by atoms with E-state index in [0.29, 0.717) is 0 Å². The lowest BCUT2D eigenvalue weighted by Gasteiger charge is -2.47. The van der Waals surface area contributed by atoms with Crippen LogP contribution in [0, 0.1) is 35.5 Å². The summed E-state index contributed by atoms with van der Waals surface area (Å²) in [7, 11) is 1.23. The molecule has 8 N–H and O–H groups in total. The topological polar surface area (TPSA) is 287 Å². The van der Waals surface area contributed by atoms with Crippen molar-refractivity contribution in [3.05, 3.63) is 25.3 Å². The lowest BCUT2D eigenvalue weighted by molar-refractivity contribution is -0.164. The fraction of sp³-hybridized carbons (Fsp3) is 0.776. The van der Waals surface area contributed by atoms with Crippen molar-refractivity contribution in [2.45, 2.75) is 233 Å². The molecule has 0 aromatic carbocycles. The molecule has 0 bridgehead atoms. The van der Waals surface area contributed by atoms with Gasteiger partial charge in [0.05, 0.1) is 32.5 Å². The molecule has 0 heterocycles. The average molecular weight is 1120 g/mol. The minimum atomic E-state index is -1.60. The van der Waals surface area contributed by atoms with Crippen LogP contribution in [-0.4, -0.2) is 139 Å². The fourth-order valence-corrected chi connectivity index (χ4v) is 9.64. The lowest BCUT2D eigenvalue weighted by atomic mass is 9.72. The van der Waals surface area contributed by atoms with Gasteiger partial charge in [-0.15, -0.1) is 13.2 Å². The summed E-state index contributed by atoms with van der Waals surface area (Å²) in [5, 5.41) is 22.7. The van der Waals surface area contributed by atoms with E-state index in [1.807, 2.05) is 83.1 Å². The van der Waals surface area contributed by atoms with E-state index in [2.05, 4.69) is 55.7 Å². The van der Waals surface area contributed by atoms with Gasteiger partial charge in [0.2, 0.25) is 41.4 Å². The van der Waals surface area contributed by atoms with Crippen molar-refractivity contribution < 1.29 is 62.1 Å². The molecule has 8 amide bonds. The van der Waals surface area contributed by atoms with Gasteiger partial charge in [-0.2, -0.15) is 0 Å². The summed E-state index contributed by atoms with van der Waals surface area (Å²) in [4.78, 5) is 126. The van der Waals surface area contributed by atoms with E-state index in [1.54, 1.807) is 32.9 Å². The van der Waals surface area contributed by atoms with Crippen LogP contribution in [0.3, 0.4) is 0 Å². The van der Waals surface area contributed by atoms with Gasteiger partial charge in [0.1, 0.15) is 52.9 Å². The van der Waals surface area contributed by atoms with Gasteiger partial charge in [-0.3, -0.25) is 33.6 Å². The van der Waals surface area contributed by atoms with Crippen LogP contribution < -0.4 is 42.5 Å². The number of rotatable bonds is 34. The van der Waals surface area contributed by atoms with Gasteiger partial charge in [0, 0.05) is 25.7 Å². The van der Waals surface area contributed by atoms with Crippen LogP contribution in [0.5, 0.6) is 0 Å². The molecule has 6 atom stereocenters. The van der Waals surface area contributed by atoms with Gasteiger partial charge in [0.15, 0.2) is 0 Å². The van der Waals surface area contributed by atoms with Crippen molar-refractivity contribution in [3.8, 4) is 0 Å². The molecule has 0 unspecified atom stereocenters. The number of ether oxygens (including phenoxy) is 4. The van der Waals surface area contributed by atoms with Crippen molar-refractivity contribution in [2.24, 2.45) is 35.5 Å². The summed E-state index contributed by atoms with van der Waals surface area (Å²) in [6.07, 6.45) is 3.03. The number of amides is 8. The molecule has 2 aliphatic rings. The second kappa shape index (κ2) is 32.0. The van der Waals surface area contributed by atoms with Gasteiger partial charge in [-0.25, -0.2) is 9.59 Å². The maximum Gasteiger partial charge on any atom is 0.408 e. The Bertz CT molecular complexity index is 2070. The highest BCUT2D eigenvalue weighted by Gasteiger charge is 2.55. The maximum atomic E-state index is 14.8. The third-order valence-electron chi connectivity index (χ3n) is 13.3. The van der Waals surface area contributed by atoms with E-state index in [1.165, 1.54) is 7.11 Å². The molecule has 0 spiro atoms. The second-order valence-electron chi connectivity index (χ2n) is 25.2. The standard InChI is InChI=1S/C58H100N8O13/c1-19-21-77-39-29-57(30-39,65-51(71)45(27-37(11)12)61-48(68)42(24-34(5)6)60-50(70)44(26-36(9)10)64-55(75)79-56(15,16)17)53(73)63-43(25-35(7)8)49(69)59-41(23-33(3)4)47(67)62-46(28-38(13)14)52(72)66-58(54(74)76-18)31-40(32-58)78-22-20-2/h19-20,33-46H,1-2,21-32H2,3-18H3,(H,59,69)(H,60,70)(H,61,68)(H,62,67)(H,63,73)(H,64,75)(H,65,71)(H,66,72)/t39?,40?,41-,42-,43-,44-,45-,46-,57?,58?/m0/s1. The number of methoxy groups -OCH3 is 1. The average Bonchev–Trinajstić information content (AvgIpc) is 3.29. The monoisotopic (exact) mass is 1120 g/mol. The highest BCUT2D eigenvalue weighted by molar-refractivity contribution is 6.00. The summed E-state index contributed by atoms with van der Waals surface area (Å²) < 4.78 is 22.1. The zero-order valence-electron chi connectivity index (χ0n) is 50.4. The largest absolute Gasteiger partial charge is 0.467 e. The molecular formula is C58H100N8O13. The first-order valence-corrected chi connectivity index (χ1v) is 28.4. The van der Waals surface area contributed by atoms with Crippen molar-refractivity contribution in [3.63, 3.8) is 0 Å². The molecular weight excluding hydrogens is 1020 g/mol. The minimum absolute atomic E-state index is 0.0160. The summed E-state index contributed by atoms with van der Waals surface area (Å²) in [6.45, 7) is 35.5. The maximum absolute atomic E-state index is 14.8. The van der Waals surface area contributed by atoms with Crippen molar-refractivity contribution in [2.75, 3.05) is 20.3 Å². The number of hydrogen-bond donors (Lipinski definition) is 8. The molecule has 450 valence electrons. The molecule has 0 saturated heterocycles. The van der Waals surface area contributed by atoms with E-state index in [0.717, 1.165) is 0 Å². The van der Waals surface area contributed by atoms with Crippen LogP contribution in [0.1, 0.15) is 168 Å². The Morgan fingerprint density at radius 1 is 0.456 bits per heavy atom. The van der Waals surface area contributed by atoms with Gasteiger partial charge < -0.3 is 61.5 Å². The summed E-state index contributed by atoms with van der Waals surface area (Å²) in [5.41, 5.74) is -3.78. The highest BCUT2D eigenvalue weighted by Crippen LogP contribution is 2.37. The molecule has 0 aliphatic heterocycles. The third-order valence-corrected chi connectivity index (χ3v) is 13.3. The Morgan fingerprint density at radius 2 is 0.734 bits per heavy atom. The van der Waals surface area contributed by atoms with Crippen molar-refractivity contribution >= 4 is 53.4 Å². The second-order valence-corrected chi connectivity index (χ2v) is 25.2. The Morgan fingerprint density at radius 3 is 1.03 bits per heavy atom. The summed E-state index contributed by atoms with van der Waals surface area (Å²) in [5.74, 6) is -5.70. The van der Waals surface area contributed by atoms with Crippen molar-refractivity contribution in [1.29, 1.82) is 0 Å². The Kier molecular flexibility index (Phi) is 28.2. The SMILES string of the molecule is C=CCOC1CC(NC(=O)[C@H](CC(C)C)NC(=O)[C@H](CC(C)C)NC(=O)[C@H](CC(C)C)NC(=O)OC(C)(C)C)(C(=O)N[C@@H](CC(C)C)C(=O)N[C@@H](CC(C)C)C(=O)N[C@@H](CC(C)C)C(=O)NC2(C(=O)OC)CC(OCC=C)C2)C1. The van der Waals surface area contributed by atoms with E-state index in [9.17, 15) is 43.2 Å². The molecule has 2 aliphatic carbocycles. The molecule has 2 saturated carbocycles. The third kappa shape index (κ3) is 23.6. The minimum Gasteiger partial charge on any atom is -0.467 e. The predicted molar refractivity (Wildman–Crippen MR) is 302 cm³/mol. The lowest BCUT2D eigenvalue weighted by Crippen LogP contribution is -2.71. The number of esters is 1. The predicted octanol–water partition coefficient (Wildman–Crippen LogP) is 5.19. The van der Waals surface area contributed by atoms with Gasteiger partial charge in [-0.1, -0.05) is 95.2 Å². The molecule has 2 fully saturated rings. The summed E-state index contributed by atoms with van der Waals surface area (Å²) >= 11 is 0. The Balaban J connectivity index is 2.46. The van der Waals surface area contributed by atoms with Crippen molar-refractivity contribution in [1.82, 2.24) is 42.5 Å². The molecule has 0 radical (unpaired) electrons. The Labute approximate surface area is 470 Å². The van der Waals surface area contributed by atoms with E-state index >= 15 is 0 Å². The molecule has 21 nitrogen and oxygen atoms in total. The first-order valence-electron chi connectivity index (χ1n) is 28.4. The van der Waals surface area contributed by atoms with E-state index in [4.69, 9.17) is 18.9 Å². The van der Waals surface area contributed by atoms with Crippen LogP contribution in [-0.2, 0) is 57.3 Å². The number of alkyl carbamates (subject to hydrolysis) is 1. The molecule has 0 aromatic heterocycles. The quantitative estimate of drug-likeness (QED) is 0.0305. The van der Waals surface area contributed by atoms with Crippen LogP contribution in [0.4, 0.5) is 4.79 Å². The smallest absolute Gasteiger partial charge is 0.408 e. The number of hydrogen-bond acceptors (Lipinski definition) is 13. The first kappa shape index (κ1) is 69.5. The molecule has 21 heteroatoms. The normalized spacial score (nSPS) is 21.2. The molecule has 79 heavy (non-hydrogen) atoms. The van der Waals surface area contributed by atoms with Crippen LogP contribution >= 0.6 is 0 Å². The van der Waals surface area contributed by atoms with E-state index in [-0.39, 0.29) is 119 Å². The molecule has 0 aromatic rings. The van der Waals surface area contributed by atoms with Crippen LogP contribution in [0.2, 0.25) is 0 Å². The van der Waals surface area contributed by atoms with Crippen LogP contribution in [0.15, 0.2) is 25.3 Å². The fourth-order valence-electron chi connectivity index (χ4n) is 9.64. The van der Waals surface area contributed by atoms with Gasteiger partial charge in [-0.05, 0) is 94.8 Å². The van der Waals surface area contributed by atoms with Gasteiger partial charge in [0.25, 0.3) is 0 Å². The Hall–Kier alpha value is -5.57. The van der Waals surface area contributed by atoms with Crippen LogP contribution in [0.25, 0.3) is 0 Å². The number of carbonyl (C=O) groups excluding carboxylic acids is 9. The number of nitrogens with one attached hydrogen (secondary N) is 8. The van der Waals surface area contributed by atoms with Gasteiger partial charge >= 0.3 is 12.1 Å². The number of carbonyl (C=O) groups is 9. The first-order chi connectivity index (χ1) is 36.7. The van der Waals surface area contributed by atoms with E-state index < -0.39 is 112 Å². The summed E-state index contributed by atoms with van der Waals surface area (Å²) in [6, 6.07) is -6.77. The zero-order chi connectivity index (χ0) is 60.2. The highest BCUT2D eigenvalue weighted by atomic mass is 16.6.